The maximum Gasteiger partial charge on any atom is 0.337 e. The number of likely N-dealkylation sites (tertiary alicyclic amines) is 1. The van der Waals surface area contributed by atoms with Gasteiger partial charge < -0.3 is 15.4 Å². The number of methoxy groups -OCH3 is 1. The average molecular weight is 335 g/mol. The number of carbonyl (C=O) groups excluding carboxylic acids is 1. The topological polar surface area (TPSA) is 55.6 Å². The van der Waals surface area contributed by atoms with Crippen molar-refractivity contribution < 1.29 is 9.53 Å². The van der Waals surface area contributed by atoms with Crippen LogP contribution in [0.3, 0.4) is 0 Å². The molecule has 120 valence electrons. The van der Waals surface area contributed by atoms with Crippen molar-refractivity contribution in [3.8, 4) is 0 Å². The minimum Gasteiger partial charge on any atom is -0.465 e. The van der Waals surface area contributed by atoms with Crippen LogP contribution < -0.4 is 5.73 Å². The standard InChI is InChI=1S/C15H22N2O2.2ClH/c1-19-15(18)13-6-4-12(5-7-13)8-10-17-9-2-3-14(16)11-17;;/h4-7,14H,2-3,8-11,16H2,1H3;2*1H. The van der Waals surface area contributed by atoms with Gasteiger partial charge in [0.25, 0.3) is 0 Å². The Morgan fingerprint density at radius 1 is 1.33 bits per heavy atom. The minimum absolute atomic E-state index is 0. The van der Waals surface area contributed by atoms with Crippen LogP contribution in [0.4, 0.5) is 0 Å². The predicted octanol–water partition coefficient (Wildman–Crippen LogP) is 2.28. The van der Waals surface area contributed by atoms with E-state index in [1.165, 1.54) is 19.1 Å². The largest absolute Gasteiger partial charge is 0.465 e. The molecule has 2 rings (SSSR count). The summed E-state index contributed by atoms with van der Waals surface area (Å²) in [4.78, 5) is 13.7. The maximum absolute atomic E-state index is 11.3. The van der Waals surface area contributed by atoms with Crippen molar-refractivity contribution in [2.45, 2.75) is 25.3 Å². The van der Waals surface area contributed by atoms with Crippen molar-refractivity contribution in [2.75, 3.05) is 26.7 Å². The molecule has 1 aliphatic rings. The molecule has 1 aromatic rings. The number of benzene rings is 1. The Morgan fingerprint density at radius 3 is 2.57 bits per heavy atom. The van der Waals surface area contributed by atoms with Crippen LogP contribution in [0.5, 0.6) is 0 Å². The summed E-state index contributed by atoms with van der Waals surface area (Å²) >= 11 is 0. The molecule has 4 nitrogen and oxygen atoms in total. The molecule has 1 heterocycles. The van der Waals surface area contributed by atoms with Crippen molar-refractivity contribution in [3.05, 3.63) is 35.4 Å². The first-order valence-corrected chi connectivity index (χ1v) is 6.84. The van der Waals surface area contributed by atoms with Gasteiger partial charge in [-0.25, -0.2) is 4.79 Å². The average Bonchev–Trinajstić information content (AvgIpc) is 2.45. The quantitative estimate of drug-likeness (QED) is 0.858. The number of nitrogens with two attached hydrogens (primary N) is 1. The van der Waals surface area contributed by atoms with Crippen molar-refractivity contribution in [1.29, 1.82) is 0 Å². The zero-order chi connectivity index (χ0) is 13.7. The Kier molecular flexibility index (Phi) is 9.62. The third kappa shape index (κ3) is 6.22. The van der Waals surface area contributed by atoms with Gasteiger partial charge in [-0.3, -0.25) is 0 Å². The first-order valence-electron chi connectivity index (χ1n) is 6.84. The van der Waals surface area contributed by atoms with Gasteiger partial charge >= 0.3 is 5.97 Å². The van der Waals surface area contributed by atoms with Gasteiger partial charge in [-0.15, -0.1) is 24.8 Å². The van der Waals surface area contributed by atoms with E-state index in [4.69, 9.17) is 5.73 Å². The number of nitrogens with zero attached hydrogens (tertiary/aromatic N) is 1. The summed E-state index contributed by atoms with van der Waals surface area (Å²) in [5.41, 5.74) is 7.81. The summed E-state index contributed by atoms with van der Waals surface area (Å²) in [7, 11) is 1.40. The third-order valence-corrected chi connectivity index (χ3v) is 3.63. The van der Waals surface area contributed by atoms with E-state index in [0.29, 0.717) is 11.6 Å². The van der Waals surface area contributed by atoms with E-state index in [1.54, 1.807) is 0 Å². The fraction of sp³-hybridized carbons (Fsp3) is 0.533. The Bertz CT molecular complexity index is 426. The van der Waals surface area contributed by atoms with Crippen LogP contribution in [0.2, 0.25) is 0 Å². The Morgan fingerprint density at radius 2 is 2.00 bits per heavy atom. The lowest BCUT2D eigenvalue weighted by molar-refractivity contribution is 0.0600. The highest BCUT2D eigenvalue weighted by atomic mass is 35.5. The summed E-state index contributed by atoms with van der Waals surface area (Å²) in [5, 5.41) is 0. The van der Waals surface area contributed by atoms with Crippen LogP contribution >= 0.6 is 24.8 Å². The van der Waals surface area contributed by atoms with Gasteiger partial charge in [0.15, 0.2) is 0 Å². The van der Waals surface area contributed by atoms with E-state index in [-0.39, 0.29) is 30.8 Å². The number of piperidine rings is 1. The lowest BCUT2D eigenvalue weighted by Gasteiger charge is -2.30. The van der Waals surface area contributed by atoms with Crippen molar-refractivity contribution in [2.24, 2.45) is 5.73 Å². The molecule has 1 unspecified atom stereocenters. The van der Waals surface area contributed by atoms with Gasteiger partial charge in [-0.05, 0) is 43.5 Å². The number of hydrogen-bond donors (Lipinski definition) is 1. The zero-order valence-electron chi connectivity index (χ0n) is 12.3. The van der Waals surface area contributed by atoms with Crippen molar-refractivity contribution >= 4 is 30.8 Å². The molecule has 0 aromatic heterocycles. The molecule has 0 aliphatic carbocycles. The molecule has 1 aliphatic heterocycles. The highest BCUT2D eigenvalue weighted by Crippen LogP contribution is 2.11. The highest BCUT2D eigenvalue weighted by Gasteiger charge is 2.15. The lowest BCUT2D eigenvalue weighted by Crippen LogP contribution is -2.43. The van der Waals surface area contributed by atoms with Crippen LogP contribution in [0.25, 0.3) is 0 Å². The van der Waals surface area contributed by atoms with Gasteiger partial charge in [0, 0.05) is 19.1 Å². The maximum atomic E-state index is 11.3. The molecular weight excluding hydrogens is 311 g/mol. The van der Waals surface area contributed by atoms with E-state index >= 15 is 0 Å². The van der Waals surface area contributed by atoms with Gasteiger partial charge in [-0.2, -0.15) is 0 Å². The summed E-state index contributed by atoms with van der Waals surface area (Å²) < 4.78 is 4.68. The summed E-state index contributed by atoms with van der Waals surface area (Å²) in [5.74, 6) is -0.284. The van der Waals surface area contributed by atoms with Crippen LogP contribution in [0.1, 0.15) is 28.8 Å². The molecule has 0 bridgehead atoms. The van der Waals surface area contributed by atoms with Crippen molar-refractivity contribution in [3.63, 3.8) is 0 Å². The third-order valence-electron chi connectivity index (χ3n) is 3.63. The first-order chi connectivity index (χ1) is 9.19. The van der Waals surface area contributed by atoms with Crippen LogP contribution in [0.15, 0.2) is 24.3 Å². The molecule has 1 saturated heterocycles. The number of esters is 1. The monoisotopic (exact) mass is 334 g/mol. The number of ether oxygens (including phenoxy) is 1. The lowest BCUT2D eigenvalue weighted by atomic mass is 10.0. The second-order valence-corrected chi connectivity index (χ2v) is 5.14. The molecule has 1 atom stereocenters. The van der Waals surface area contributed by atoms with Crippen molar-refractivity contribution in [1.82, 2.24) is 4.90 Å². The molecular formula is C15H24Cl2N2O2. The molecule has 0 spiro atoms. The molecule has 21 heavy (non-hydrogen) atoms. The number of carbonyl (C=O) groups is 1. The number of rotatable bonds is 4. The number of hydrogen-bond acceptors (Lipinski definition) is 4. The van der Waals surface area contributed by atoms with E-state index < -0.39 is 0 Å². The van der Waals surface area contributed by atoms with Gasteiger partial charge in [0.1, 0.15) is 0 Å². The van der Waals surface area contributed by atoms with E-state index in [2.05, 4.69) is 9.64 Å². The SMILES string of the molecule is COC(=O)c1ccc(CCN2CCCC(N)C2)cc1.Cl.Cl. The van der Waals surface area contributed by atoms with Crippen LogP contribution in [-0.4, -0.2) is 43.7 Å². The normalized spacial score (nSPS) is 18.3. The Labute approximate surface area is 138 Å². The van der Waals surface area contributed by atoms with E-state index in [9.17, 15) is 4.79 Å². The summed E-state index contributed by atoms with van der Waals surface area (Å²) in [6.07, 6.45) is 3.33. The fourth-order valence-electron chi connectivity index (χ4n) is 2.51. The molecule has 1 aromatic carbocycles. The Balaban J connectivity index is 0.00000200. The molecule has 0 amide bonds. The minimum atomic E-state index is -0.284. The van der Waals surface area contributed by atoms with Crippen LogP contribution in [-0.2, 0) is 11.2 Å². The second-order valence-electron chi connectivity index (χ2n) is 5.14. The molecule has 1 fully saturated rings. The summed E-state index contributed by atoms with van der Waals surface area (Å²) in [6.45, 7) is 3.18. The van der Waals surface area contributed by atoms with E-state index in [0.717, 1.165) is 32.5 Å². The Hall–Kier alpha value is -0.810. The zero-order valence-corrected chi connectivity index (χ0v) is 13.9. The second kappa shape index (κ2) is 10.0. The predicted molar refractivity (Wildman–Crippen MR) is 89.6 cm³/mol. The van der Waals surface area contributed by atoms with Gasteiger partial charge in [0.05, 0.1) is 12.7 Å². The van der Waals surface area contributed by atoms with Gasteiger partial charge in [0.2, 0.25) is 0 Å². The molecule has 0 saturated carbocycles. The fourth-order valence-corrected chi connectivity index (χ4v) is 2.51. The highest BCUT2D eigenvalue weighted by molar-refractivity contribution is 5.89. The number of halogens is 2. The molecule has 2 N–H and O–H groups in total. The summed E-state index contributed by atoms with van der Waals surface area (Å²) in [6, 6.07) is 7.97. The first kappa shape index (κ1) is 20.2. The van der Waals surface area contributed by atoms with Crippen LogP contribution in [0, 0.1) is 0 Å². The van der Waals surface area contributed by atoms with Gasteiger partial charge in [-0.1, -0.05) is 12.1 Å². The molecule has 0 radical (unpaired) electrons. The molecule has 6 heteroatoms. The van der Waals surface area contributed by atoms with E-state index in [1.807, 2.05) is 24.3 Å². The smallest absolute Gasteiger partial charge is 0.337 e.